The van der Waals surface area contributed by atoms with Gasteiger partial charge in [-0.1, -0.05) is 23.4 Å². The van der Waals surface area contributed by atoms with Gasteiger partial charge in [-0.3, -0.25) is 4.79 Å². The van der Waals surface area contributed by atoms with Crippen LogP contribution in [0.4, 0.5) is 0 Å². The molecule has 0 aliphatic heterocycles. The number of benzene rings is 1. The molecule has 0 unspecified atom stereocenters. The van der Waals surface area contributed by atoms with Crippen LogP contribution in [0, 0.1) is 6.92 Å². The van der Waals surface area contributed by atoms with Crippen LogP contribution in [0.15, 0.2) is 40.2 Å². The number of aromatic nitrogens is 1. The molecule has 1 heterocycles. The van der Waals surface area contributed by atoms with Gasteiger partial charge in [0.2, 0.25) is 5.76 Å². The van der Waals surface area contributed by atoms with E-state index in [1.807, 2.05) is 6.07 Å². The Morgan fingerprint density at radius 1 is 1.52 bits per heavy atom. The summed E-state index contributed by atoms with van der Waals surface area (Å²) in [7, 11) is 1.67. The van der Waals surface area contributed by atoms with Crippen molar-refractivity contribution in [2.24, 2.45) is 10.9 Å². The van der Waals surface area contributed by atoms with Crippen molar-refractivity contribution >= 4 is 11.7 Å². The van der Waals surface area contributed by atoms with Crippen LogP contribution in [0.25, 0.3) is 0 Å². The average Bonchev–Trinajstić information content (AvgIpc) is 2.92. The summed E-state index contributed by atoms with van der Waals surface area (Å²) < 4.78 is 5.09. The average molecular weight is 288 g/mol. The second-order valence-corrected chi connectivity index (χ2v) is 4.61. The second-order valence-electron chi connectivity index (χ2n) is 4.61. The normalized spacial score (nSPS) is 11.4. The minimum atomic E-state index is -0.251. The first-order valence-electron chi connectivity index (χ1n) is 6.25. The summed E-state index contributed by atoms with van der Waals surface area (Å²) in [5.41, 5.74) is 7.54. The van der Waals surface area contributed by atoms with Crippen LogP contribution in [0.1, 0.15) is 27.4 Å². The summed E-state index contributed by atoms with van der Waals surface area (Å²) in [5.74, 6) is 0.00111. The Bertz CT molecular complexity index is 678. The van der Waals surface area contributed by atoms with E-state index in [0.717, 1.165) is 5.56 Å². The molecule has 0 bridgehead atoms. The summed E-state index contributed by atoms with van der Waals surface area (Å²) in [5, 5.41) is 11.6. The number of oxime groups is 1. The summed E-state index contributed by atoms with van der Waals surface area (Å²) in [4.78, 5) is 17.6. The largest absolute Gasteiger partial charge is 0.438 e. The van der Waals surface area contributed by atoms with Gasteiger partial charge in [0.25, 0.3) is 5.91 Å². The molecule has 0 aliphatic carbocycles. The molecule has 2 aromatic rings. The third-order valence-electron chi connectivity index (χ3n) is 3.04. The summed E-state index contributed by atoms with van der Waals surface area (Å²) in [6, 6.07) is 7.11. The van der Waals surface area contributed by atoms with Gasteiger partial charge in [-0.05, 0) is 18.6 Å². The molecular weight excluding hydrogens is 272 g/mol. The van der Waals surface area contributed by atoms with E-state index in [-0.39, 0.29) is 17.5 Å². The van der Waals surface area contributed by atoms with Crippen LogP contribution in [-0.2, 0) is 6.54 Å². The molecule has 1 aromatic carbocycles. The molecule has 1 aromatic heterocycles. The van der Waals surface area contributed by atoms with E-state index in [1.54, 1.807) is 32.2 Å². The van der Waals surface area contributed by atoms with Gasteiger partial charge >= 0.3 is 0 Å². The predicted molar refractivity (Wildman–Crippen MR) is 76.0 cm³/mol. The zero-order valence-electron chi connectivity index (χ0n) is 11.8. The maximum atomic E-state index is 12.2. The van der Waals surface area contributed by atoms with Crippen LogP contribution in [0.2, 0.25) is 0 Å². The molecule has 110 valence electrons. The van der Waals surface area contributed by atoms with Crippen LogP contribution in [-0.4, -0.2) is 33.9 Å². The summed E-state index contributed by atoms with van der Waals surface area (Å²) in [6.45, 7) is 2.08. The lowest BCUT2D eigenvalue weighted by Gasteiger charge is -2.16. The molecule has 21 heavy (non-hydrogen) atoms. The molecule has 0 saturated heterocycles. The molecule has 1 amide bonds. The van der Waals surface area contributed by atoms with E-state index < -0.39 is 0 Å². The Kier molecular flexibility index (Phi) is 4.22. The number of amides is 1. The van der Waals surface area contributed by atoms with Gasteiger partial charge < -0.3 is 20.3 Å². The number of amidine groups is 1. The lowest BCUT2D eigenvalue weighted by atomic mass is 10.1. The Morgan fingerprint density at radius 3 is 2.90 bits per heavy atom. The van der Waals surface area contributed by atoms with Crippen LogP contribution < -0.4 is 5.73 Å². The van der Waals surface area contributed by atoms with Gasteiger partial charge in [0.15, 0.2) is 12.2 Å². The summed E-state index contributed by atoms with van der Waals surface area (Å²) >= 11 is 0. The monoisotopic (exact) mass is 288 g/mol. The molecule has 0 fully saturated rings. The fourth-order valence-corrected chi connectivity index (χ4v) is 1.91. The maximum absolute atomic E-state index is 12.2. The highest BCUT2D eigenvalue weighted by Gasteiger charge is 2.18. The summed E-state index contributed by atoms with van der Waals surface area (Å²) in [6.07, 6.45) is 1.25. The number of hydrogen-bond donors (Lipinski definition) is 2. The quantitative estimate of drug-likeness (QED) is 0.382. The second kappa shape index (κ2) is 6.08. The molecule has 0 atom stereocenters. The van der Waals surface area contributed by atoms with Crippen LogP contribution >= 0.6 is 0 Å². The highest BCUT2D eigenvalue weighted by atomic mass is 16.4. The fourth-order valence-electron chi connectivity index (χ4n) is 1.91. The van der Waals surface area contributed by atoms with Crippen molar-refractivity contribution in [3.05, 3.63) is 53.2 Å². The van der Waals surface area contributed by atoms with Crippen molar-refractivity contribution in [1.82, 2.24) is 9.88 Å². The Labute approximate surface area is 121 Å². The van der Waals surface area contributed by atoms with E-state index in [2.05, 4.69) is 10.1 Å². The Hall–Kier alpha value is -2.83. The van der Waals surface area contributed by atoms with Crippen molar-refractivity contribution in [3.63, 3.8) is 0 Å². The highest BCUT2D eigenvalue weighted by Crippen LogP contribution is 2.12. The molecule has 0 spiro atoms. The number of rotatable bonds is 4. The molecule has 0 saturated carbocycles. The molecule has 7 nitrogen and oxygen atoms in total. The molecule has 2 rings (SSSR count). The number of carbonyl (C=O) groups excluding carboxylic acids is 1. The molecule has 3 N–H and O–H groups in total. The van der Waals surface area contributed by atoms with Crippen LogP contribution in [0.5, 0.6) is 0 Å². The fraction of sp³-hybridized carbons (Fsp3) is 0.214. The minimum Gasteiger partial charge on any atom is -0.438 e. The lowest BCUT2D eigenvalue weighted by Crippen LogP contribution is -2.26. The zero-order chi connectivity index (χ0) is 15.4. The Balaban J connectivity index is 2.15. The maximum Gasteiger partial charge on any atom is 0.291 e. The topological polar surface area (TPSA) is 105 Å². The first-order valence-corrected chi connectivity index (χ1v) is 6.25. The van der Waals surface area contributed by atoms with Crippen molar-refractivity contribution < 1.29 is 14.4 Å². The van der Waals surface area contributed by atoms with Crippen molar-refractivity contribution in [2.75, 3.05) is 7.05 Å². The smallest absolute Gasteiger partial charge is 0.291 e. The first kappa shape index (κ1) is 14.6. The number of nitrogens with zero attached hydrogens (tertiary/aromatic N) is 3. The van der Waals surface area contributed by atoms with Crippen molar-refractivity contribution in [3.8, 4) is 0 Å². The molecule has 0 aliphatic rings. The van der Waals surface area contributed by atoms with E-state index in [0.29, 0.717) is 17.8 Å². The van der Waals surface area contributed by atoms with Crippen LogP contribution in [0.3, 0.4) is 0 Å². The third-order valence-corrected chi connectivity index (χ3v) is 3.04. The van der Waals surface area contributed by atoms with Crippen molar-refractivity contribution in [1.29, 1.82) is 0 Å². The van der Waals surface area contributed by atoms with Gasteiger partial charge in [0.1, 0.15) is 0 Å². The Morgan fingerprint density at radius 2 is 2.29 bits per heavy atom. The lowest BCUT2D eigenvalue weighted by molar-refractivity contribution is 0.0752. The number of carbonyl (C=O) groups is 1. The molecule has 0 radical (unpaired) electrons. The van der Waals surface area contributed by atoms with Crippen molar-refractivity contribution in [2.45, 2.75) is 13.5 Å². The van der Waals surface area contributed by atoms with E-state index in [4.69, 9.17) is 15.4 Å². The number of nitrogens with two attached hydrogens (primary N) is 1. The van der Waals surface area contributed by atoms with E-state index in [1.165, 1.54) is 11.3 Å². The van der Waals surface area contributed by atoms with E-state index in [9.17, 15) is 4.79 Å². The van der Waals surface area contributed by atoms with Gasteiger partial charge in [-0.25, -0.2) is 4.98 Å². The SMILES string of the molecule is Cc1ncoc1C(=O)N(C)Cc1cccc(/C(N)=N/O)c1. The minimum absolute atomic E-state index is 0.0249. The number of hydrogen-bond acceptors (Lipinski definition) is 5. The molecular formula is C14H16N4O3. The zero-order valence-corrected chi connectivity index (χ0v) is 11.8. The highest BCUT2D eigenvalue weighted by molar-refractivity contribution is 5.97. The third kappa shape index (κ3) is 3.19. The first-order chi connectivity index (χ1) is 10.0. The van der Waals surface area contributed by atoms with Gasteiger partial charge in [-0.2, -0.15) is 0 Å². The number of oxazole rings is 1. The van der Waals surface area contributed by atoms with Gasteiger partial charge in [-0.15, -0.1) is 0 Å². The number of aryl methyl sites for hydroxylation is 1. The predicted octanol–water partition coefficient (Wildman–Crippen LogP) is 1.35. The standard InChI is InChI=1S/C14H16N4O3/c1-9-12(21-8-16-9)14(19)18(2)7-10-4-3-5-11(6-10)13(15)17-20/h3-6,8,20H,7H2,1-2H3,(H2,15,17). The van der Waals surface area contributed by atoms with Gasteiger partial charge in [0.05, 0.1) is 5.69 Å². The molecule has 7 heteroatoms. The van der Waals surface area contributed by atoms with E-state index >= 15 is 0 Å². The van der Waals surface area contributed by atoms with Gasteiger partial charge in [0, 0.05) is 19.2 Å².